The monoisotopic (exact) mass is 1190 g/mol. The summed E-state index contributed by atoms with van der Waals surface area (Å²) >= 11 is 10.9. The lowest BCUT2D eigenvalue weighted by Crippen LogP contribution is -2.48. The molecule has 0 spiro atoms. The maximum absolute atomic E-state index is 13.7. The molecule has 2 fully saturated rings. The number of rotatable bonds is 14. The number of halogens is 4. The predicted octanol–water partition coefficient (Wildman–Crippen LogP) is 10.4. The van der Waals surface area contributed by atoms with Crippen LogP contribution in [0, 0.1) is 11.6 Å². The first-order valence-electron chi connectivity index (χ1n) is 22.8. The Bertz CT molecular complexity index is 2550. The quantitative estimate of drug-likeness (QED) is 0.0207. The third kappa shape index (κ3) is 18.2. The second-order valence-electron chi connectivity index (χ2n) is 16.6. The molecular weight excluding hydrogens is 1130 g/mol. The minimum Gasteiger partial charge on any atom is -0.494 e. The van der Waals surface area contributed by atoms with Gasteiger partial charge in [-0.2, -0.15) is 14.9 Å². The molecule has 2 aliphatic heterocycles. The molecule has 0 aliphatic carbocycles. The fraction of sp³-hybridized carbons (Fsp3) is 0.380. The molecule has 5 aromatic rings. The van der Waals surface area contributed by atoms with Crippen LogP contribution in [0.2, 0.25) is 0 Å². The van der Waals surface area contributed by atoms with Gasteiger partial charge >= 0.3 is 0 Å². The summed E-state index contributed by atoms with van der Waals surface area (Å²) < 4.78 is 36.3. The van der Waals surface area contributed by atoms with Crippen molar-refractivity contribution in [1.82, 2.24) is 14.8 Å². The highest BCUT2D eigenvalue weighted by atomic mass is 79.9. The molecule has 1 atom stereocenters. The normalized spacial score (nSPS) is 13.9. The molecule has 0 amide bonds. The number of alkyl halides is 1. The molecule has 7 rings (SSSR count). The van der Waals surface area contributed by atoms with Crippen LogP contribution in [0.15, 0.2) is 89.9 Å². The number of thiocarbonyl (C=S) groups is 1. The number of anilines is 6. The highest BCUT2D eigenvalue weighted by molar-refractivity contribution is 9.09. The Morgan fingerprint density at radius 3 is 1.69 bits per heavy atom. The van der Waals surface area contributed by atoms with Crippen LogP contribution in [0.25, 0.3) is 0 Å². The van der Waals surface area contributed by atoms with Crippen LogP contribution in [0.4, 0.5) is 42.5 Å². The molecule has 14 nitrogen and oxygen atoms in total. The SMILES string of the molecule is Br.CCSC(N)=NC(=S)Nc1ccc(N2CCN(C(C)C)CC2)cc1.COc1cc(C(=O)CBr)ccc1F.COc1cc(C(=O)c2sc(Nc3ccc(N4CCN(C(C)C)CC4)cc3)nc2N)ccc1F.P. The fourth-order valence-electron chi connectivity index (χ4n) is 7.45. The summed E-state index contributed by atoms with van der Waals surface area (Å²) in [6, 6.07) is 25.7. The largest absolute Gasteiger partial charge is 0.494 e. The van der Waals surface area contributed by atoms with Crippen LogP contribution >= 0.6 is 78.1 Å². The summed E-state index contributed by atoms with van der Waals surface area (Å²) in [7, 11) is 2.72. The van der Waals surface area contributed by atoms with E-state index in [1.165, 1.54) is 73.8 Å². The third-order valence-electron chi connectivity index (χ3n) is 11.4. The first kappa shape index (κ1) is 61.8. The number of carbonyl (C=O) groups excluding carboxylic acids is 2. The Morgan fingerprint density at radius 1 is 0.792 bits per heavy atom. The van der Waals surface area contributed by atoms with Crippen molar-refractivity contribution in [3.05, 3.63) is 113 Å². The van der Waals surface area contributed by atoms with Gasteiger partial charge in [-0.25, -0.2) is 13.8 Å². The van der Waals surface area contributed by atoms with Crippen molar-refractivity contribution in [3.63, 3.8) is 0 Å². The Hall–Kier alpha value is -4.47. The zero-order valence-electron chi connectivity index (χ0n) is 41.8. The number of aliphatic imine (C=N–C) groups is 1. The molecule has 2 saturated heterocycles. The summed E-state index contributed by atoms with van der Waals surface area (Å²) in [5.41, 5.74) is 16.7. The van der Waals surface area contributed by atoms with Crippen LogP contribution in [0.1, 0.15) is 60.2 Å². The smallest absolute Gasteiger partial charge is 0.206 e. The van der Waals surface area contributed by atoms with Crippen LogP contribution in [-0.2, 0) is 0 Å². The number of hydrogen-bond acceptors (Lipinski definition) is 14. The van der Waals surface area contributed by atoms with E-state index in [1.807, 2.05) is 31.2 Å². The van der Waals surface area contributed by atoms with E-state index in [2.05, 4.69) is 108 Å². The van der Waals surface area contributed by atoms with Crippen molar-refractivity contribution < 1.29 is 27.8 Å². The minimum absolute atomic E-state index is 0. The van der Waals surface area contributed by atoms with Gasteiger partial charge in [-0.15, -0.1) is 17.0 Å². The Morgan fingerprint density at radius 2 is 1.25 bits per heavy atom. The molecule has 1 unspecified atom stereocenters. The van der Waals surface area contributed by atoms with Gasteiger partial charge in [0.25, 0.3) is 0 Å². The highest BCUT2D eigenvalue weighted by Crippen LogP contribution is 2.32. The summed E-state index contributed by atoms with van der Waals surface area (Å²) in [4.78, 5) is 42.6. The molecule has 0 bridgehead atoms. The van der Waals surface area contributed by atoms with Crippen molar-refractivity contribution in [3.8, 4) is 11.5 Å². The first-order chi connectivity index (χ1) is 33.5. The number of Topliss-reactive ketones (excluding diaryl/α,β-unsaturated/α-hetero) is 1. The fourth-order valence-corrected chi connectivity index (χ4v) is 9.37. The maximum atomic E-state index is 13.7. The van der Waals surface area contributed by atoms with E-state index in [-0.39, 0.29) is 66.7 Å². The van der Waals surface area contributed by atoms with E-state index >= 15 is 0 Å². The number of nitrogens with one attached hydrogen (secondary N) is 2. The molecule has 1 aromatic heterocycles. The summed E-state index contributed by atoms with van der Waals surface area (Å²) in [5.74, 6) is -0.301. The van der Waals surface area contributed by atoms with E-state index in [0.29, 0.717) is 37.9 Å². The lowest BCUT2D eigenvalue weighted by Gasteiger charge is -2.38. The molecule has 0 radical (unpaired) electrons. The molecular formula is C50H67Br2F2N10O4PS3. The average molecular weight is 1200 g/mol. The zero-order valence-corrected chi connectivity index (χ0v) is 48.9. The van der Waals surface area contributed by atoms with Crippen LogP contribution in [0.5, 0.6) is 11.5 Å². The van der Waals surface area contributed by atoms with Gasteiger partial charge in [-0.05, 0) is 131 Å². The van der Waals surface area contributed by atoms with E-state index in [4.69, 9.17) is 33.2 Å². The summed E-state index contributed by atoms with van der Waals surface area (Å²) in [6.07, 6.45) is 0. The molecule has 22 heteroatoms. The van der Waals surface area contributed by atoms with E-state index in [0.717, 1.165) is 80.8 Å². The number of thioether (sulfide) groups is 1. The van der Waals surface area contributed by atoms with Crippen molar-refractivity contribution in [2.75, 3.05) is 104 Å². The Labute approximate surface area is 458 Å². The van der Waals surface area contributed by atoms with Gasteiger partial charge in [0, 0.05) is 98.3 Å². The predicted molar refractivity (Wildman–Crippen MR) is 315 cm³/mol. The zero-order chi connectivity index (χ0) is 50.9. The Kier molecular flexibility index (Phi) is 26.3. The molecule has 4 aromatic carbocycles. The number of nitrogens with two attached hydrogens (primary N) is 2. The van der Waals surface area contributed by atoms with Crippen LogP contribution < -0.4 is 41.4 Å². The van der Waals surface area contributed by atoms with Gasteiger partial charge in [-0.3, -0.25) is 19.4 Å². The van der Waals surface area contributed by atoms with Gasteiger partial charge in [0.15, 0.2) is 44.3 Å². The second kappa shape index (κ2) is 30.7. The average Bonchev–Trinajstić information content (AvgIpc) is 3.73. The number of nitrogen functional groups attached to an aromatic ring is 1. The number of nitrogens with zero attached hydrogens (tertiary/aromatic N) is 6. The number of carbonyl (C=O) groups is 2. The van der Waals surface area contributed by atoms with E-state index in [1.54, 1.807) is 0 Å². The minimum atomic E-state index is -0.529. The van der Waals surface area contributed by atoms with Crippen molar-refractivity contribution in [2.45, 2.75) is 46.7 Å². The summed E-state index contributed by atoms with van der Waals surface area (Å²) in [5, 5.41) is 7.96. The van der Waals surface area contributed by atoms with E-state index < -0.39 is 11.6 Å². The van der Waals surface area contributed by atoms with Crippen molar-refractivity contribution in [2.24, 2.45) is 10.7 Å². The number of piperazine rings is 2. The van der Waals surface area contributed by atoms with Gasteiger partial charge < -0.3 is 41.4 Å². The second-order valence-corrected chi connectivity index (χ2v) is 19.8. The topological polar surface area (TPSA) is 167 Å². The maximum Gasteiger partial charge on any atom is 0.206 e. The third-order valence-corrected chi connectivity index (χ3v) is 13.8. The first-order valence-corrected chi connectivity index (χ1v) is 26.2. The molecule has 3 heterocycles. The number of amidine groups is 1. The van der Waals surface area contributed by atoms with Gasteiger partial charge in [0.2, 0.25) is 5.78 Å². The number of methoxy groups -OCH3 is 2. The number of hydrogen-bond donors (Lipinski definition) is 4. The van der Waals surface area contributed by atoms with Gasteiger partial charge in [0.05, 0.1) is 19.5 Å². The number of thiazole rings is 1. The Balaban J connectivity index is 0.000000308. The number of ketones is 2. The molecule has 2 aliphatic rings. The van der Waals surface area contributed by atoms with Crippen LogP contribution in [0.3, 0.4) is 0 Å². The molecule has 392 valence electrons. The van der Waals surface area contributed by atoms with Crippen LogP contribution in [-0.4, -0.2) is 126 Å². The van der Waals surface area contributed by atoms with Gasteiger partial charge in [0.1, 0.15) is 10.7 Å². The lowest BCUT2D eigenvalue weighted by atomic mass is 10.1. The number of ether oxygens (including phenoxy) is 2. The van der Waals surface area contributed by atoms with Crippen molar-refractivity contribution >= 4 is 134 Å². The lowest BCUT2D eigenvalue weighted by molar-refractivity contribution is 0.102. The molecule has 72 heavy (non-hydrogen) atoms. The van der Waals surface area contributed by atoms with Crippen molar-refractivity contribution in [1.29, 1.82) is 0 Å². The highest BCUT2D eigenvalue weighted by Gasteiger charge is 2.22. The standard InChI is InChI=1S/C24H28FN5O2S.C17H27N5S2.C9H8BrFO2.BrH.H3P/c1-15(2)29-10-12-30(13-11-29)18-7-5-17(6-8-18)27-24-28-23(26)22(33-24)21(31)16-4-9-19(25)20(14-16)32-3;1-4-24-16(18)20-17(23)19-14-5-7-15(8-6-14)22-11-9-21(10-12-22)13(2)3;1-13-9-4-6(8(12)5-10)2-3-7(9)11;;/h4-9,14-15H,10-13,26H2,1-3H3,(H,27,28);5-8,13H,4,9-12H2,1-3H3,(H3,18,19,20,23);2-4H,5H2,1H3;1H;1H3. The number of aromatic nitrogens is 1. The molecule has 6 N–H and O–H groups in total. The number of benzene rings is 4. The van der Waals surface area contributed by atoms with E-state index in [9.17, 15) is 18.4 Å². The summed E-state index contributed by atoms with van der Waals surface area (Å²) in [6.45, 7) is 19.5. The van der Waals surface area contributed by atoms with Gasteiger partial charge in [-0.1, -0.05) is 46.0 Å². The molecule has 0 saturated carbocycles.